The van der Waals surface area contributed by atoms with Gasteiger partial charge in [0.2, 0.25) is 0 Å². The average Bonchev–Trinajstić information content (AvgIpc) is 2.52. The number of nitrogens with one attached hydrogen (secondary N) is 1. The number of halogens is 3. The predicted molar refractivity (Wildman–Crippen MR) is 77.9 cm³/mol. The first-order chi connectivity index (χ1) is 10.4. The molecule has 0 aliphatic heterocycles. The summed E-state index contributed by atoms with van der Waals surface area (Å²) in [5.41, 5.74) is 1.40. The van der Waals surface area contributed by atoms with Crippen molar-refractivity contribution in [3.63, 3.8) is 0 Å². The molecule has 1 N–H and O–H groups in total. The molecule has 0 spiro atoms. The van der Waals surface area contributed by atoms with Gasteiger partial charge in [0.25, 0.3) is 0 Å². The molecule has 0 aromatic heterocycles. The summed E-state index contributed by atoms with van der Waals surface area (Å²) in [5.74, 6) is 0. The number of benzene rings is 2. The van der Waals surface area contributed by atoms with Gasteiger partial charge in [-0.3, -0.25) is 0 Å². The summed E-state index contributed by atoms with van der Waals surface area (Å²) in [6.07, 6.45) is -4.34. The third kappa shape index (κ3) is 4.09. The third-order valence-electron chi connectivity index (χ3n) is 3.38. The molecule has 114 valence electrons. The van der Waals surface area contributed by atoms with Crippen molar-refractivity contribution in [1.29, 1.82) is 5.26 Å². The van der Waals surface area contributed by atoms with E-state index >= 15 is 0 Å². The topological polar surface area (TPSA) is 35.8 Å². The van der Waals surface area contributed by atoms with Gasteiger partial charge in [0.05, 0.1) is 17.2 Å². The fourth-order valence-corrected chi connectivity index (χ4v) is 2.12. The van der Waals surface area contributed by atoms with Crippen LogP contribution in [0.4, 0.5) is 13.2 Å². The van der Waals surface area contributed by atoms with Crippen molar-refractivity contribution >= 4 is 0 Å². The standard InChI is InChI=1S/C17H15F3N2/c1-12(15-6-3-7-16(9-15)17(18,19)20)22-11-14-5-2-4-13(8-14)10-21/h2-9,12,22H,11H2,1H3. The Morgan fingerprint density at radius 2 is 1.86 bits per heavy atom. The van der Waals surface area contributed by atoms with Gasteiger partial charge >= 0.3 is 6.18 Å². The molecule has 2 aromatic rings. The molecule has 0 saturated carbocycles. The van der Waals surface area contributed by atoms with E-state index in [1.54, 1.807) is 24.3 Å². The monoisotopic (exact) mass is 304 g/mol. The molecule has 2 rings (SSSR count). The van der Waals surface area contributed by atoms with E-state index in [9.17, 15) is 13.2 Å². The Morgan fingerprint density at radius 1 is 1.14 bits per heavy atom. The van der Waals surface area contributed by atoms with Gasteiger partial charge in [-0.25, -0.2) is 0 Å². The lowest BCUT2D eigenvalue weighted by Crippen LogP contribution is -2.18. The Bertz CT molecular complexity index is 687. The maximum Gasteiger partial charge on any atom is 0.416 e. The van der Waals surface area contributed by atoms with E-state index < -0.39 is 11.7 Å². The Balaban J connectivity index is 2.06. The van der Waals surface area contributed by atoms with Crippen LogP contribution in [0.1, 0.15) is 35.2 Å². The van der Waals surface area contributed by atoms with Gasteiger partial charge in [-0.2, -0.15) is 18.4 Å². The second-order valence-electron chi connectivity index (χ2n) is 5.04. The Hall–Kier alpha value is -2.32. The van der Waals surface area contributed by atoms with Crippen LogP contribution >= 0.6 is 0 Å². The number of hydrogen-bond donors (Lipinski definition) is 1. The molecule has 0 saturated heterocycles. The SMILES string of the molecule is CC(NCc1cccc(C#N)c1)c1cccc(C(F)(F)F)c1. The molecular formula is C17H15F3N2. The van der Waals surface area contributed by atoms with Crippen molar-refractivity contribution in [2.45, 2.75) is 25.7 Å². The molecule has 0 bridgehead atoms. The zero-order valence-electron chi connectivity index (χ0n) is 12.0. The van der Waals surface area contributed by atoms with E-state index in [4.69, 9.17) is 5.26 Å². The van der Waals surface area contributed by atoms with Crippen LogP contribution in [0.25, 0.3) is 0 Å². The molecule has 22 heavy (non-hydrogen) atoms. The van der Waals surface area contributed by atoms with E-state index in [1.807, 2.05) is 13.0 Å². The molecule has 1 atom stereocenters. The average molecular weight is 304 g/mol. The number of nitrogens with zero attached hydrogens (tertiary/aromatic N) is 1. The van der Waals surface area contributed by atoms with Crippen LogP contribution in [-0.4, -0.2) is 0 Å². The molecule has 0 radical (unpaired) electrons. The first kappa shape index (κ1) is 16.1. The first-order valence-corrected chi connectivity index (χ1v) is 6.80. The van der Waals surface area contributed by atoms with Crippen molar-refractivity contribution in [2.24, 2.45) is 0 Å². The van der Waals surface area contributed by atoms with Crippen LogP contribution in [0, 0.1) is 11.3 Å². The first-order valence-electron chi connectivity index (χ1n) is 6.80. The van der Waals surface area contributed by atoms with E-state index in [1.165, 1.54) is 6.07 Å². The highest BCUT2D eigenvalue weighted by Crippen LogP contribution is 2.30. The fourth-order valence-electron chi connectivity index (χ4n) is 2.12. The number of nitriles is 1. The Kier molecular flexibility index (Phi) is 4.84. The van der Waals surface area contributed by atoms with E-state index in [-0.39, 0.29) is 6.04 Å². The van der Waals surface area contributed by atoms with Crippen LogP contribution in [-0.2, 0) is 12.7 Å². The van der Waals surface area contributed by atoms with Gasteiger partial charge in [-0.15, -0.1) is 0 Å². The zero-order chi connectivity index (χ0) is 16.2. The summed E-state index contributed by atoms with van der Waals surface area (Å²) in [7, 11) is 0. The minimum atomic E-state index is -4.34. The van der Waals surface area contributed by atoms with Crippen molar-refractivity contribution in [3.05, 3.63) is 70.8 Å². The summed E-state index contributed by atoms with van der Waals surface area (Å²) in [5, 5.41) is 12.0. The minimum Gasteiger partial charge on any atom is -0.306 e. The van der Waals surface area contributed by atoms with E-state index in [0.717, 1.165) is 17.7 Å². The molecule has 1 unspecified atom stereocenters. The maximum atomic E-state index is 12.7. The molecule has 0 heterocycles. The highest BCUT2D eigenvalue weighted by Gasteiger charge is 2.30. The van der Waals surface area contributed by atoms with Gasteiger partial charge < -0.3 is 5.32 Å². The Labute approximate surface area is 127 Å². The molecule has 0 fully saturated rings. The lowest BCUT2D eigenvalue weighted by molar-refractivity contribution is -0.137. The second kappa shape index (κ2) is 6.63. The van der Waals surface area contributed by atoms with Crippen molar-refractivity contribution in [3.8, 4) is 6.07 Å². The smallest absolute Gasteiger partial charge is 0.306 e. The predicted octanol–water partition coefficient (Wildman–Crippen LogP) is 4.43. The number of rotatable bonds is 4. The van der Waals surface area contributed by atoms with Crippen LogP contribution in [0.5, 0.6) is 0 Å². The van der Waals surface area contributed by atoms with Gasteiger partial charge in [-0.05, 0) is 42.3 Å². The second-order valence-corrected chi connectivity index (χ2v) is 5.04. The number of hydrogen-bond acceptors (Lipinski definition) is 2. The van der Waals surface area contributed by atoms with Gasteiger partial charge in [-0.1, -0.05) is 24.3 Å². The fraction of sp³-hybridized carbons (Fsp3) is 0.235. The summed E-state index contributed by atoms with van der Waals surface area (Å²) in [6.45, 7) is 2.29. The molecule has 0 aliphatic rings. The van der Waals surface area contributed by atoms with Crippen LogP contribution in [0.2, 0.25) is 0 Å². The maximum absolute atomic E-state index is 12.7. The quantitative estimate of drug-likeness (QED) is 0.907. The lowest BCUT2D eigenvalue weighted by atomic mass is 10.0. The van der Waals surface area contributed by atoms with Gasteiger partial charge in [0.1, 0.15) is 0 Å². The van der Waals surface area contributed by atoms with Gasteiger partial charge in [0.15, 0.2) is 0 Å². The van der Waals surface area contributed by atoms with Crippen LogP contribution in [0.15, 0.2) is 48.5 Å². The highest BCUT2D eigenvalue weighted by atomic mass is 19.4. The van der Waals surface area contributed by atoms with Crippen molar-refractivity contribution < 1.29 is 13.2 Å². The molecule has 2 aromatic carbocycles. The summed E-state index contributed by atoms with van der Waals surface area (Å²) in [6, 6.07) is 14.2. The minimum absolute atomic E-state index is 0.229. The molecule has 0 aliphatic carbocycles. The van der Waals surface area contributed by atoms with Crippen molar-refractivity contribution in [1.82, 2.24) is 5.32 Å². The summed E-state index contributed by atoms with van der Waals surface area (Å²) >= 11 is 0. The molecule has 5 heteroatoms. The lowest BCUT2D eigenvalue weighted by Gasteiger charge is -2.16. The number of alkyl halides is 3. The highest BCUT2D eigenvalue weighted by molar-refractivity contribution is 5.33. The van der Waals surface area contributed by atoms with Crippen LogP contribution in [0.3, 0.4) is 0 Å². The van der Waals surface area contributed by atoms with Gasteiger partial charge in [0, 0.05) is 12.6 Å². The van der Waals surface area contributed by atoms with E-state index in [0.29, 0.717) is 17.7 Å². The summed E-state index contributed by atoms with van der Waals surface area (Å²) < 4.78 is 38.1. The Morgan fingerprint density at radius 3 is 2.55 bits per heavy atom. The normalized spacial score (nSPS) is 12.7. The molecule has 2 nitrogen and oxygen atoms in total. The zero-order valence-corrected chi connectivity index (χ0v) is 12.0. The third-order valence-corrected chi connectivity index (χ3v) is 3.38. The van der Waals surface area contributed by atoms with Crippen molar-refractivity contribution in [2.75, 3.05) is 0 Å². The largest absolute Gasteiger partial charge is 0.416 e. The van der Waals surface area contributed by atoms with Crippen LogP contribution < -0.4 is 5.32 Å². The molecule has 0 amide bonds. The summed E-state index contributed by atoms with van der Waals surface area (Å²) in [4.78, 5) is 0. The molecular weight excluding hydrogens is 289 g/mol. The van der Waals surface area contributed by atoms with E-state index in [2.05, 4.69) is 11.4 Å².